The third-order valence-corrected chi connectivity index (χ3v) is 3.17. The lowest BCUT2D eigenvalue weighted by Crippen LogP contribution is -2.06. The SMILES string of the molecule is CCCCCCCCC(C)CC(C)CO. The van der Waals surface area contributed by atoms with Gasteiger partial charge in [0.15, 0.2) is 0 Å². The van der Waals surface area contributed by atoms with Gasteiger partial charge in [0, 0.05) is 6.61 Å². The molecule has 0 spiro atoms. The van der Waals surface area contributed by atoms with Gasteiger partial charge in [-0.2, -0.15) is 0 Å². The lowest BCUT2D eigenvalue weighted by Gasteiger charge is -2.14. The van der Waals surface area contributed by atoms with Gasteiger partial charge in [0.1, 0.15) is 0 Å². The highest BCUT2D eigenvalue weighted by molar-refractivity contribution is 4.59. The minimum absolute atomic E-state index is 0.348. The normalized spacial score (nSPS) is 15.2. The van der Waals surface area contributed by atoms with Crippen LogP contribution in [0.1, 0.15) is 72.1 Å². The molecule has 0 aliphatic heterocycles. The minimum atomic E-state index is 0.348. The van der Waals surface area contributed by atoms with Crippen molar-refractivity contribution in [3.63, 3.8) is 0 Å². The number of aliphatic hydroxyl groups excluding tert-OH is 1. The van der Waals surface area contributed by atoms with E-state index in [4.69, 9.17) is 5.11 Å². The molecule has 1 nitrogen and oxygen atoms in total. The van der Waals surface area contributed by atoms with Crippen LogP contribution in [0, 0.1) is 11.8 Å². The molecule has 0 bridgehead atoms. The van der Waals surface area contributed by atoms with Gasteiger partial charge in [-0.1, -0.05) is 65.7 Å². The monoisotopic (exact) mass is 214 g/mol. The number of aliphatic hydroxyl groups is 1. The van der Waals surface area contributed by atoms with E-state index in [-0.39, 0.29) is 0 Å². The average molecular weight is 214 g/mol. The molecule has 15 heavy (non-hydrogen) atoms. The Morgan fingerprint density at radius 3 is 2.07 bits per heavy atom. The van der Waals surface area contributed by atoms with E-state index in [0.29, 0.717) is 12.5 Å². The molecule has 0 aromatic heterocycles. The van der Waals surface area contributed by atoms with Crippen LogP contribution >= 0.6 is 0 Å². The molecule has 2 atom stereocenters. The summed E-state index contributed by atoms with van der Waals surface area (Å²) in [6.07, 6.45) is 10.9. The maximum absolute atomic E-state index is 8.95. The van der Waals surface area contributed by atoms with E-state index in [2.05, 4.69) is 20.8 Å². The maximum Gasteiger partial charge on any atom is 0.0456 e. The quantitative estimate of drug-likeness (QED) is 0.535. The number of unbranched alkanes of at least 4 members (excludes halogenated alkanes) is 5. The average Bonchev–Trinajstić information content (AvgIpc) is 2.23. The highest BCUT2D eigenvalue weighted by Crippen LogP contribution is 2.18. The van der Waals surface area contributed by atoms with Gasteiger partial charge in [-0.3, -0.25) is 0 Å². The maximum atomic E-state index is 8.95. The molecule has 0 aliphatic carbocycles. The van der Waals surface area contributed by atoms with E-state index < -0.39 is 0 Å². The van der Waals surface area contributed by atoms with Crippen LogP contribution in [0.4, 0.5) is 0 Å². The highest BCUT2D eigenvalue weighted by atomic mass is 16.3. The van der Waals surface area contributed by atoms with E-state index in [1.807, 2.05) is 0 Å². The predicted octanol–water partition coefficient (Wildman–Crippen LogP) is 4.39. The Morgan fingerprint density at radius 1 is 0.867 bits per heavy atom. The molecule has 1 N–H and O–H groups in total. The first-order valence-electron chi connectivity index (χ1n) is 6.81. The van der Waals surface area contributed by atoms with Crippen LogP contribution in [-0.2, 0) is 0 Å². The summed E-state index contributed by atoms with van der Waals surface area (Å²) in [4.78, 5) is 0. The largest absolute Gasteiger partial charge is 0.396 e. The molecule has 92 valence electrons. The summed E-state index contributed by atoms with van der Waals surface area (Å²) in [6.45, 7) is 7.06. The molecule has 0 heterocycles. The number of rotatable bonds is 10. The first-order chi connectivity index (χ1) is 7.20. The van der Waals surface area contributed by atoms with Gasteiger partial charge < -0.3 is 5.11 Å². The zero-order valence-electron chi connectivity index (χ0n) is 11.0. The third-order valence-electron chi connectivity index (χ3n) is 3.17. The van der Waals surface area contributed by atoms with Gasteiger partial charge in [-0.15, -0.1) is 0 Å². The molecule has 0 aromatic rings. The minimum Gasteiger partial charge on any atom is -0.396 e. The van der Waals surface area contributed by atoms with Gasteiger partial charge in [0.05, 0.1) is 0 Å². The molecule has 0 saturated heterocycles. The Labute approximate surface area is 96.3 Å². The summed E-state index contributed by atoms with van der Waals surface area (Å²) < 4.78 is 0. The van der Waals surface area contributed by atoms with E-state index in [1.165, 1.54) is 51.4 Å². The van der Waals surface area contributed by atoms with Crippen molar-refractivity contribution in [3.05, 3.63) is 0 Å². The lowest BCUT2D eigenvalue weighted by atomic mass is 9.93. The van der Waals surface area contributed by atoms with Crippen LogP contribution in [0.25, 0.3) is 0 Å². The fourth-order valence-corrected chi connectivity index (χ4v) is 2.15. The summed E-state index contributed by atoms with van der Waals surface area (Å²) in [7, 11) is 0. The van der Waals surface area contributed by atoms with Crippen molar-refractivity contribution in [2.24, 2.45) is 11.8 Å². The third kappa shape index (κ3) is 10.2. The summed E-state index contributed by atoms with van der Waals surface area (Å²) in [5.74, 6) is 1.28. The Hall–Kier alpha value is -0.0400. The highest BCUT2D eigenvalue weighted by Gasteiger charge is 2.07. The Bertz CT molecular complexity index is 123. The summed E-state index contributed by atoms with van der Waals surface area (Å²) in [6, 6.07) is 0. The molecule has 0 aliphatic rings. The Balaban J connectivity index is 3.20. The van der Waals surface area contributed by atoms with Crippen molar-refractivity contribution in [1.29, 1.82) is 0 Å². The molecular formula is C14H30O. The van der Waals surface area contributed by atoms with Crippen molar-refractivity contribution in [3.8, 4) is 0 Å². The molecule has 0 aromatic carbocycles. The number of hydrogen-bond acceptors (Lipinski definition) is 1. The van der Waals surface area contributed by atoms with Gasteiger partial charge >= 0.3 is 0 Å². The van der Waals surface area contributed by atoms with E-state index in [9.17, 15) is 0 Å². The Morgan fingerprint density at radius 2 is 1.47 bits per heavy atom. The van der Waals surface area contributed by atoms with Crippen molar-refractivity contribution < 1.29 is 5.11 Å². The molecule has 0 rings (SSSR count). The predicted molar refractivity (Wildman–Crippen MR) is 68.0 cm³/mol. The van der Waals surface area contributed by atoms with E-state index >= 15 is 0 Å². The van der Waals surface area contributed by atoms with Crippen molar-refractivity contribution in [2.75, 3.05) is 6.61 Å². The zero-order valence-corrected chi connectivity index (χ0v) is 11.0. The topological polar surface area (TPSA) is 20.2 Å². The standard InChI is InChI=1S/C14H30O/c1-4-5-6-7-8-9-10-13(2)11-14(3)12-15/h13-15H,4-12H2,1-3H3. The van der Waals surface area contributed by atoms with Crippen LogP contribution < -0.4 is 0 Å². The molecule has 0 amide bonds. The zero-order chi connectivity index (χ0) is 11.5. The molecule has 0 saturated carbocycles. The van der Waals surface area contributed by atoms with Gasteiger partial charge in [-0.25, -0.2) is 0 Å². The van der Waals surface area contributed by atoms with Crippen LogP contribution in [-0.4, -0.2) is 11.7 Å². The fraction of sp³-hybridized carbons (Fsp3) is 1.00. The Kier molecular flexibility index (Phi) is 10.4. The van der Waals surface area contributed by atoms with Gasteiger partial charge in [0.2, 0.25) is 0 Å². The lowest BCUT2D eigenvalue weighted by molar-refractivity contribution is 0.212. The van der Waals surface area contributed by atoms with Gasteiger partial charge in [0.25, 0.3) is 0 Å². The van der Waals surface area contributed by atoms with E-state index in [0.717, 1.165) is 5.92 Å². The van der Waals surface area contributed by atoms with Crippen molar-refractivity contribution in [2.45, 2.75) is 72.1 Å². The van der Waals surface area contributed by atoms with Gasteiger partial charge in [-0.05, 0) is 18.3 Å². The van der Waals surface area contributed by atoms with E-state index in [1.54, 1.807) is 0 Å². The van der Waals surface area contributed by atoms with Crippen molar-refractivity contribution >= 4 is 0 Å². The molecule has 1 heteroatoms. The first-order valence-corrected chi connectivity index (χ1v) is 6.81. The molecule has 2 unspecified atom stereocenters. The second kappa shape index (κ2) is 10.5. The van der Waals surface area contributed by atoms with Crippen LogP contribution in [0.15, 0.2) is 0 Å². The van der Waals surface area contributed by atoms with Crippen LogP contribution in [0.5, 0.6) is 0 Å². The molecular weight excluding hydrogens is 184 g/mol. The molecule has 0 radical (unpaired) electrons. The van der Waals surface area contributed by atoms with Crippen LogP contribution in [0.2, 0.25) is 0 Å². The summed E-state index contributed by atoms with van der Waals surface area (Å²) in [5.41, 5.74) is 0. The second-order valence-electron chi connectivity index (χ2n) is 5.19. The fourth-order valence-electron chi connectivity index (χ4n) is 2.15. The first kappa shape index (κ1) is 15.0. The second-order valence-corrected chi connectivity index (χ2v) is 5.19. The van der Waals surface area contributed by atoms with Crippen LogP contribution in [0.3, 0.4) is 0 Å². The number of hydrogen-bond donors (Lipinski definition) is 1. The summed E-state index contributed by atoms with van der Waals surface area (Å²) in [5, 5.41) is 8.95. The summed E-state index contributed by atoms with van der Waals surface area (Å²) >= 11 is 0. The molecule has 0 fully saturated rings. The van der Waals surface area contributed by atoms with Crippen molar-refractivity contribution in [1.82, 2.24) is 0 Å². The smallest absolute Gasteiger partial charge is 0.0456 e.